The van der Waals surface area contributed by atoms with Crippen molar-refractivity contribution in [3.05, 3.63) is 41.0 Å². The van der Waals surface area contributed by atoms with Crippen LogP contribution in [0.25, 0.3) is 5.57 Å². The van der Waals surface area contributed by atoms with E-state index in [0.29, 0.717) is 0 Å². The number of rotatable bonds is 3. The lowest BCUT2D eigenvalue weighted by Gasteiger charge is -2.21. The van der Waals surface area contributed by atoms with E-state index in [0.717, 1.165) is 18.4 Å². The molecule has 2 nitrogen and oxygen atoms in total. The monoisotopic (exact) mass is 255 g/mol. The van der Waals surface area contributed by atoms with Crippen molar-refractivity contribution in [2.45, 2.75) is 39.0 Å². The van der Waals surface area contributed by atoms with Gasteiger partial charge in [-0.05, 0) is 55.9 Å². The number of hydrogen-bond donors (Lipinski definition) is 0. The molecule has 0 fully saturated rings. The van der Waals surface area contributed by atoms with E-state index in [1.165, 1.54) is 16.7 Å². The maximum atomic E-state index is 11.9. The topological polar surface area (TPSA) is 29.4 Å². The van der Waals surface area contributed by atoms with Crippen molar-refractivity contribution in [2.24, 2.45) is 4.99 Å². The summed E-state index contributed by atoms with van der Waals surface area (Å²) in [6, 6.07) is 6.43. The SMILES string of the molecule is C/C=C(\C=NC)c1ccc2c(c1)CCC2(C)C(C)=O. The first-order valence-corrected chi connectivity index (χ1v) is 6.76. The summed E-state index contributed by atoms with van der Waals surface area (Å²) >= 11 is 0. The fourth-order valence-corrected chi connectivity index (χ4v) is 2.86. The van der Waals surface area contributed by atoms with Crippen LogP contribution in [-0.2, 0) is 16.6 Å². The third-order valence-corrected chi connectivity index (χ3v) is 4.28. The minimum atomic E-state index is -0.289. The highest BCUT2D eigenvalue weighted by Crippen LogP contribution is 2.40. The van der Waals surface area contributed by atoms with Crippen LogP contribution < -0.4 is 0 Å². The summed E-state index contributed by atoms with van der Waals surface area (Å²) in [6.07, 6.45) is 5.85. The Bertz CT molecular complexity index is 569. The molecule has 0 saturated carbocycles. The molecule has 19 heavy (non-hydrogen) atoms. The van der Waals surface area contributed by atoms with Gasteiger partial charge in [0.05, 0.1) is 5.41 Å². The molecule has 0 aromatic heterocycles. The summed E-state index contributed by atoms with van der Waals surface area (Å²) in [7, 11) is 1.78. The van der Waals surface area contributed by atoms with Gasteiger partial charge in [-0.1, -0.05) is 24.3 Å². The predicted molar refractivity (Wildman–Crippen MR) is 80.9 cm³/mol. The maximum absolute atomic E-state index is 11.9. The molecule has 1 aliphatic rings. The van der Waals surface area contributed by atoms with Crippen LogP contribution in [0.4, 0.5) is 0 Å². The molecule has 1 unspecified atom stereocenters. The normalized spacial score (nSPS) is 22.8. The van der Waals surface area contributed by atoms with Gasteiger partial charge in [-0.2, -0.15) is 0 Å². The number of Topliss-reactive ketones (excluding diaryl/α,β-unsaturated/α-hetero) is 1. The van der Waals surface area contributed by atoms with Crippen LogP contribution in [0.3, 0.4) is 0 Å². The molecule has 1 aliphatic carbocycles. The molecule has 0 bridgehead atoms. The molecule has 0 spiro atoms. The molecule has 0 radical (unpaired) electrons. The molecular formula is C17H21NO. The smallest absolute Gasteiger partial charge is 0.140 e. The Morgan fingerprint density at radius 2 is 2.16 bits per heavy atom. The lowest BCUT2D eigenvalue weighted by molar-refractivity contribution is -0.121. The number of fused-ring (bicyclic) bond motifs is 1. The molecule has 0 amide bonds. The summed E-state index contributed by atoms with van der Waals surface area (Å²) in [5.41, 5.74) is 4.52. The molecule has 1 aromatic rings. The molecule has 0 saturated heterocycles. The molecule has 0 N–H and O–H groups in total. The van der Waals surface area contributed by atoms with E-state index in [1.54, 1.807) is 14.0 Å². The average Bonchev–Trinajstić information content (AvgIpc) is 2.74. The van der Waals surface area contributed by atoms with Gasteiger partial charge in [0.25, 0.3) is 0 Å². The predicted octanol–water partition coefficient (Wildman–Crippen LogP) is 3.58. The van der Waals surface area contributed by atoms with E-state index in [4.69, 9.17) is 0 Å². The van der Waals surface area contributed by atoms with E-state index in [-0.39, 0.29) is 11.2 Å². The molecule has 0 aliphatic heterocycles. The van der Waals surface area contributed by atoms with Gasteiger partial charge < -0.3 is 0 Å². The minimum Gasteiger partial charge on any atom is -0.299 e. The number of nitrogens with zero attached hydrogens (tertiary/aromatic N) is 1. The van der Waals surface area contributed by atoms with Gasteiger partial charge in [0, 0.05) is 13.3 Å². The standard InChI is InChI=1S/C17H21NO/c1-5-13(11-18-4)14-6-7-16-15(10-14)8-9-17(16,3)12(2)19/h5-7,10-11H,8-9H2,1-4H3/b13-5+,18-11?. The summed E-state index contributed by atoms with van der Waals surface area (Å²) in [5.74, 6) is 0.264. The fraction of sp³-hybridized carbons (Fsp3) is 0.412. The molecule has 1 aromatic carbocycles. The van der Waals surface area contributed by atoms with Crippen molar-refractivity contribution in [1.82, 2.24) is 0 Å². The summed E-state index contributed by atoms with van der Waals surface area (Å²) in [4.78, 5) is 16.0. The number of ketones is 1. The van der Waals surface area contributed by atoms with Crippen molar-refractivity contribution >= 4 is 17.6 Å². The second-order valence-electron chi connectivity index (χ2n) is 5.39. The second kappa shape index (κ2) is 5.12. The van der Waals surface area contributed by atoms with Crippen LogP contribution in [0.1, 0.15) is 43.9 Å². The van der Waals surface area contributed by atoms with Gasteiger partial charge >= 0.3 is 0 Å². The number of aryl methyl sites for hydroxylation is 1. The fourth-order valence-electron chi connectivity index (χ4n) is 2.86. The van der Waals surface area contributed by atoms with Gasteiger partial charge in [-0.15, -0.1) is 0 Å². The summed E-state index contributed by atoms with van der Waals surface area (Å²) in [6.45, 7) is 5.78. The van der Waals surface area contributed by atoms with Gasteiger partial charge in [0.2, 0.25) is 0 Å². The van der Waals surface area contributed by atoms with Gasteiger partial charge in [-0.3, -0.25) is 9.79 Å². The molecule has 100 valence electrons. The molecule has 0 heterocycles. The first kappa shape index (κ1) is 13.7. The van der Waals surface area contributed by atoms with Crippen molar-refractivity contribution in [2.75, 3.05) is 7.05 Å². The van der Waals surface area contributed by atoms with E-state index in [1.807, 2.05) is 13.1 Å². The zero-order valence-corrected chi connectivity index (χ0v) is 12.2. The number of allylic oxidation sites excluding steroid dienone is 2. The Kier molecular flexibility index (Phi) is 3.70. The summed E-state index contributed by atoms with van der Waals surface area (Å²) in [5, 5.41) is 0. The van der Waals surface area contributed by atoms with E-state index < -0.39 is 0 Å². The van der Waals surface area contributed by atoms with Crippen LogP contribution in [0.15, 0.2) is 29.3 Å². The lowest BCUT2D eigenvalue weighted by Crippen LogP contribution is -2.27. The van der Waals surface area contributed by atoms with Crippen LogP contribution in [0.2, 0.25) is 0 Å². The Morgan fingerprint density at radius 1 is 1.42 bits per heavy atom. The highest BCUT2D eigenvalue weighted by atomic mass is 16.1. The molecule has 1 atom stereocenters. The quantitative estimate of drug-likeness (QED) is 0.759. The largest absolute Gasteiger partial charge is 0.299 e. The first-order valence-electron chi connectivity index (χ1n) is 6.76. The lowest BCUT2D eigenvalue weighted by atomic mass is 9.80. The highest BCUT2D eigenvalue weighted by Gasteiger charge is 2.38. The second-order valence-corrected chi connectivity index (χ2v) is 5.39. The van der Waals surface area contributed by atoms with Gasteiger partial charge in [0.15, 0.2) is 0 Å². The Morgan fingerprint density at radius 3 is 2.74 bits per heavy atom. The summed E-state index contributed by atoms with van der Waals surface area (Å²) < 4.78 is 0. The number of carbonyl (C=O) groups is 1. The Labute approximate surface area is 115 Å². The minimum absolute atomic E-state index is 0.264. The van der Waals surface area contributed by atoms with E-state index in [2.05, 4.69) is 36.2 Å². The van der Waals surface area contributed by atoms with Crippen molar-refractivity contribution in [3.8, 4) is 0 Å². The molecular weight excluding hydrogens is 234 g/mol. The Balaban J connectivity index is 2.46. The van der Waals surface area contributed by atoms with Crippen molar-refractivity contribution < 1.29 is 4.79 Å². The van der Waals surface area contributed by atoms with Crippen LogP contribution in [0, 0.1) is 0 Å². The van der Waals surface area contributed by atoms with Crippen molar-refractivity contribution in [1.29, 1.82) is 0 Å². The number of hydrogen-bond acceptors (Lipinski definition) is 2. The van der Waals surface area contributed by atoms with Crippen LogP contribution in [-0.4, -0.2) is 19.0 Å². The van der Waals surface area contributed by atoms with Crippen molar-refractivity contribution in [3.63, 3.8) is 0 Å². The number of carbonyl (C=O) groups excluding carboxylic acids is 1. The zero-order valence-electron chi connectivity index (χ0n) is 12.2. The number of benzene rings is 1. The van der Waals surface area contributed by atoms with E-state index in [9.17, 15) is 4.79 Å². The Hall–Kier alpha value is -1.70. The third-order valence-electron chi connectivity index (χ3n) is 4.28. The van der Waals surface area contributed by atoms with Crippen LogP contribution in [0.5, 0.6) is 0 Å². The third kappa shape index (κ3) is 2.27. The van der Waals surface area contributed by atoms with E-state index >= 15 is 0 Å². The van der Waals surface area contributed by atoms with Crippen LogP contribution >= 0.6 is 0 Å². The van der Waals surface area contributed by atoms with Gasteiger partial charge in [0.1, 0.15) is 5.78 Å². The number of aliphatic imine (C=N–C) groups is 1. The molecule has 2 heteroatoms. The first-order chi connectivity index (χ1) is 9.02. The highest BCUT2D eigenvalue weighted by molar-refractivity contribution is 6.09. The maximum Gasteiger partial charge on any atom is 0.140 e. The molecule has 2 rings (SSSR count). The van der Waals surface area contributed by atoms with Gasteiger partial charge in [-0.25, -0.2) is 0 Å². The average molecular weight is 255 g/mol. The zero-order chi connectivity index (χ0) is 14.0.